The molecule has 0 aliphatic rings. The van der Waals surface area contributed by atoms with Crippen LogP contribution in [0.15, 0.2) is 48.0 Å². The fourth-order valence-corrected chi connectivity index (χ4v) is 2.01. The first kappa shape index (κ1) is 16.9. The largest absolute Gasteiger partial charge is 0.492 e. The van der Waals surface area contributed by atoms with Gasteiger partial charge in [0.25, 0.3) is 0 Å². The number of imidazole rings is 1. The van der Waals surface area contributed by atoms with Gasteiger partial charge in [-0.15, -0.1) is 0 Å². The summed E-state index contributed by atoms with van der Waals surface area (Å²) in [6, 6.07) is 8.06. The van der Waals surface area contributed by atoms with Crippen molar-refractivity contribution >= 4 is 5.96 Å². The van der Waals surface area contributed by atoms with Crippen LogP contribution in [-0.2, 0) is 6.54 Å². The zero-order valence-electron chi connectivity index (χ0n) is 13.8. The lowest BCUT2D eigenvalue weighted by molar-refractivity contribution is 0.322. The van der Waals surface area contributed by atoms with Crippen molar-refractivity contribution < 1.29 is 4.74 Å². The first-order valence-corrected chi connectivity index (χ1v) is 7.95. The van der Waals surface area contributed by atoms with Gasteiger partial charge in [-0.25, -0.2) is 4.98 Å². The molecule has 6 nitrogen and oxygen atoms in total. The number of nitrogens with one attached hydrogen (secondary N) is 2. The van der Waals surface area contributed by atoms with Crippen LogP contribution in [0.2, 0.25) is 0 Å². The summed E-state index contributed by atoms with van der Waals surface area (Å²) >= 11 is 0. The predicted octanol–water partition coefficient (Wildman–Crippen LogP) is 1.83. The summed E-state index contributed by atoms with van der Waals surface area (Å²) in [5.41, 5.74) is 1.23. The van der Waals surface area contributed by atoms with Gasteiger partial charge in [-0.05, 0) is 26.0 Å². The molecule has 0 aliphatic heterocycles. The third-order valence-corrected chi connectivity index (χ3v) is 3.22. The molecule has 0 saturated heterocycles. The summed E-state index contributed by atoms with van der Waals surface area (Å²) in [7, 11) is 0. The molecule has 0 unspecified atom stereocenters. The second-order valence-corrected chi connectivity index (χ2v) is 5.15. The SMILES string of the molecule is CCNC(=NCCn1ccnc1)NCCOc1ccc(C)cc1. The molecule has 0 radical (unpaired) electrons. The Bertz CT molecular complexity index is 578. The van der Waals surface area contributed by atoms with Gasteiger partial charge in [0, 0.05) is 25.5 Å². The van der Waals surface area contributed by atoms with Crippen molar-refractivity contribution in [2.24, 2.45) is 4.99 Å². The van der Waals surface area contributed by atoms with Crippen LogP contribution in [0.1, 0.15) is 12.5 Å². The molecule has 1 heterocycles. The minimum absolute atomic E-state index is 0.592. The normalized spacial score (nSPS) is 11.3. The molecule has 1 aromatic heterocycles. The van der Waals surface area contributed by atoms with Crippen LogP contribution >= 0.6 is 0 Å². The molecule has 0 saturated carbocycles. The number of ether oxygens (including phenoxy) is 1. The Morgan fingerprint density at radius 3 is 2.78 bits per heavy atom. The molecule has 0 amide bonds. The van der Waals surface area contributed by atoms with E-state index in [-0.39, 0.29) is 0 Å². The average Bonchev–Trinajstić information content (AvgIpc) is 3.06. The second-order valence-electron chi connectivity index (χ2n) is 5.15. The van der Waals surface area contributed by atoms with Gasteiger partial charge in [0.1, 0.15) is 12.4 Å². The Kier molecular flexibility index (Phi) is 6.97. The van der Waals surface area contributed by atoms with Gasteiger partial charge < -0.3 is 19.9 Å². The van der Waals surface area contributed by atoms with E-state index in [0.29, 0.717) is 19.7 Å². The van der Waals surface area contributed by atoms with Crippen molar-refractivity contribution in [1.29, 1.82) is 0 Å². The van der Waals surface area contributed by atoms with Crippen molar-refractivity contribution in [3.63, 3.8) is 0 Å². The van der Waals surface area contributed by atoms with E-state index in [1.54, 1.807) is 12.5 Å². The first-order valence-electron chi connectivity index (χ1n) is 7.95. The maximum atomic E-state index is 5.70. The summed E-state index contributed by atoms with van der Waals surface area (Å²) in [5.74, 6) is 1.69. The zero-order chi connectivity index (χ0) is 16.3. The van der Waals surface area contributed by atoms with Crippen LogP contribution in [0.4, 0.5) is 0 Å². The van der Waals surface area contributed by atoms with E-state index in [4.69, 9.17) is 4.74 Å². The number of aliphatic imine (C=N–C) groups is 1. The molecule has 23 heavy (non-hydrogen) atoms. The molecule has 2 N–H and O–H groups in total. The van der Waals surface area contributed by atoms with Crippen LogP contribution in [0.5, 0.6) is 5.75 Å². The van der Waals surface area contributed by atoms with Crippen LogP contribution in [0.25, 0.3) is 0 Å². The summed E-state index contributed by atoms with van der Waals surface area (Å²) in [5, 5.41) is 6.50. The molecule has 0 bridgehead atoms. The highest BCUT2D eigenvalue weighted by atomic mass is 16.5. The van der Waals surface area contributed by atoms with E-state index in [2.05, 4.69) is 34.5 Å². The number of hydrogen-bond donors (Lipinski definition) is 2. The highest BCUT2D eigenvalue weighted by Crippen LogP contribution is 2.10. The monoisotopic (exact) mass is 315 g/mol. The van der Waals surface area contributed by atoms with Gasteiger partial charge >= 0.3 is 0 Å². The average molecular weight is 315 g/mol. The topological polar surface area (TPSA) is 63.5 Å². The highest BCUT2D eigenvalue weighted by Gasteiger charge is 1.98. The molecule has 0 aliphatic carbocycles. The lowest BCUT2D eigenvalue weighted by atomic mass is 10.2. The summed E-state index contributed by atoms with van der Waals surface area (Å²) < 4.78 is 7.70. The minimum Gasteiger partial charge on any atom is -0.492 e. The molecule has 2 rings (SSSR count). The molecule has 1 aromatic carbocycles. The van der Waals surface area contributed by atoms with Crippen molar-refractivity contribution in [2.45, 2.75) is 20.4 Å². The maximum Gasteiger partial charge on any atom is 0.191 e. The van der Waals surface area contributed by atoms with Crippen molar-refractivity contribution in [3.05, 3.63) is 48.5 Å². The van der Waals surface area contributed by atoms with E-state index in [1.807, 2.05) is 35.0 Å². The standard InChI is InChI=1S/C17H25N5O/c1-3-19-17(20-9-12-22-11-8-18-14-22)21-10-13-23-16-6-4-15(2)5-7-16/h4-8,11,14H,3,9-10,12-13H2,1-2H3,(H2,19,20,21). The fourth-order valence-electron chi connectivity index (χ4n) is 2.01. The molecular weight excluding hydrogens is 290 g/mol. The summed E-state index contributed by atoms with van der Waals surface area (Å²) in [6.07, 6.45) is 5.51. The Labute approximate surface area is 137 Å². The number of aromatic nitrogens is 2. The zero-order valence-corrected chi connectivity index (χ0v) is 13.8. The van der Waals surface area contributed by atoms with E-state index in [0.717, 1.165) is 24.8 Å². The lowest BCUT2D eigenvalue weighted by Crippen LogP contribution is -2.39. The van der Waals surface area contributed by atoms with Crippen LogP contribution in [0.3, 0.4) is 0 Å². The van der Waals surface area contributed by atoms with Crippen LogP contribution in [0, 0.1) is 6.92 Å². The second kappa shape index (κ2) is 9.50. The van der Waals surface area contributed by atoms with Crippen LogP contribution in [-0.4, -0.2) is 41.8 Å². The van der Waals surface area contributed by atoms with Gasteiger partial charge in [-0.3, -0.25) is 4.99 Å². The third kappa shape index (κ3) is 6.42. The molecule has 2 aromatic rings. The minimum atomic E-state index is 0.592. The van der Waals surface area contributed by atoms with Crippen LogP contribution < -0.4 is 15.4 Å². The molecular formula is C17H25N5O. The van der Waals surface area contributed by atoms with Gasteiger partial charge in [0.05, 0.1) is 19.4 Å². The van der Waals surface area contributed by atoms with E-state index >= 15 is 0 Å². The van der Waals surface area contributed by atoms with Crippen molar-refractivity contribution in [2.75, 3.05) is 26.2 Å². The quantitative estimate of drug-likeness (QED) is 0.443. The molecule has 0 atom stereocenters. The first-order chi connectivity index (χ1) is 11.3. The van der Waals surface area contributed by atoms with E-state index < -0.39 is 0 Å². The molecule has 6 heteroatoms. The summed E-state index contributed by atoms with van der Waals surface area (Å²) in [6.45, 7) is 7.75. The molecule has 124 valence electrons. The number of aryl methyl sites for hydroxylation is 1. The van der Waals surface area contributed by atoms with Gasteiger partial charge in [-0.1, -0.05) is 17.7 Å². The Morgan fingerprint density at radius 1 is 1.26 bits per heavy atom. The van der Waals surface area contributed by atoms with Gasteiger partial charge in [-0.2, -0.15) is 0 Å². The number of guanidine groups is 1. The summed E-state index contributed by atoms with van der Waals surface area (Å²) in [4.78, 5) is 8.55. The van der Waals surface area contributed by atoms with Gasteiger partial charge in [0.2, 0.25) is 0 Å². The Morgan fingerprint density at radius 2 is 2.09 bits per heavy atom. The van der Waals surface area contributed by atoms with E-state index in [1.165, 1.54) is 5.56 Å². The number of benzene rings is 1. The lowest BCUT2D eigenvalue weighted by Gasteiger charge is -2.12. The van der Waals surface area contributed by atoms with Crippen molar-refractivity contribution in [1.82, 2.24) is 20.2 Å². The highest BCUT2D eigenvalue weighted by molar-refractivity contribution is 5.79. The third-order valence-electron chi connectivity index (χ3n) is 3.22. The molecule has 0 fully saturated rings. The van der Waals surface area contributed by atoms with Gasteiger partial charge in [0.15, 0.2) is 5.96 Å². The van der Waals surface area contributed by atoms with Crippen molar-refractivity contribution in [3.8, 4) is 5.75 Å². The van der Waals surface area contributed by atoms with E-state index in [9.17, 15) is 0 Å². The number of hydrogen-bond acceptors (Lipinski definition) is 3. The Balaban J connectivity index is 1.69. The Hall–Kier alpha value is -2.50. The maximum absolute atomic E-state index is 5.70. The number of nitrogens with zero attached hydrogens (tertiary/aromatic N) is 3. The molecule has 0 spiro atoms. The number of rotatable bonds is 8. The predicted molar refractivity (Wildman–Crippen MR) is 92.9 cm³/mol. The smallest absolute Gasteiger partial charge is 0.191 e. The fraction of sp³-hybridized carbons (Fsp3) is 0.412.